The summed E-state index contributed by atoms with van der Waals surface area (Å²) in [4.78, 5) is 0. The lowest BCUT2D eigenvalue weighted by atomic mass is 10.2. The van der Waals surface area contributed by atoms with Crippen molar-refractivity contribution in [2.75, 3.05) is 0 Å². The Balaban J connectivity index is 2.12. The number of aliphatic hydroxyl groups excluding tert-OH is 1. The highest BCUT2D eigenvalue weighted by atomic mass is 79.9. The Labute approximate surface area is 115 Å². The molecule has 0 saturated heterocycles. The maximum absolute atomic E-state index is 9.25. The number of aryl methyl sites for hydroxylation is 1. The average Bonchev–Trinajstić information content (AvgIpc) is 3.10. The molecule has 0 aliphatic heterocycles. The van der Waals surface area contributed by atoms with Crippen LogP contribution in [0, 0.1) is 6.92 Å². The van der Waals surface area contributed by atoms with E-state index < -0.39 is 0 Å². The minimum absolute atomic E-state index is 0.00228. The van der Waals surface area contributed by atoms with Crippen molar-refractivity contribution in [1.82, 2.24) is 9.78 Å². The van der Waals surface area contributed by atoms with Gasteiger partial charge in [0.15, 0.2) is 0 Å². The molecule has 94 valence electrons. The Morgan fingerprint density at radius 3 is 2.78 bits per heavy atom. The molecule has 4 heteroatoms. The smallest absolute Gasteiger partial charge is 0.0886 e. The molecule has 0 radical (unpaired) electrons. The maximum Gasteiger partial charge on any atom is 0.0886 e. The highest BCUT2D eigenvalue weighted by molar-refractivity contribution is 9.10. The second kappa shape index (κ2) is 4.52. The summed E-state index contributed by atoms with van der Waals surface area (Å²) >= 11 is 3.48. The molecule has 0 spiro atoms. The van der Waals surface area contributed by atoms with Gasteiger partial charge in [0.05, 0.1) is 18.0 Å². The fraction of sp³-hybridized carbons (Fsp3) is 0.357. The normalized spacial score (nSPS) is 15.1. The fourth-order valence-electron chi connectivity index (χ4n) is 2.24. The zero-order valence-electron chi connectivity index (χ0n) is 10.2. The first-order valence-corrected chi connectivity index (χ1v) is 6.94. The van der Waals surface area contributed by atoms with Crippen LogP contribution in [0.1, 0.15) is 35.7 Å². The molecule has 1 aromatic heterocycles. The molecule has 18 heavy (non-hydrogen) atoms. The predicted octanol–water partition coefficient (Wildman–Crippen LogP) is 3.31. The first kappa shape index (κ1) is 11.9. The number of aromatic nitrogens is 2. The van der Waals surface area contributed by atoms with Crippen LogP contribution in [0.3, 0.4) is 0 Å². The fourth-order valence-corrected chi connectivity index (χ4v) is 2.72. The number of hydrogen-bond donors (Lipinski definition) is 1. The van der Waals surface area contributed by atoms with E-state index >= 15 is 0 Å². The minimum Gasteiger partial charge on any atom is -0.390 e. The van der Waals surface area contributed by atoms with Crippen LogP contribution in [-0.2, 0) is 6.61 Å². The maximum atomic E-state index is 9.25. The molecule has 1 aliphatic rings. The topological polar surface area (TPSA) is 38.0 Å². The molecule has 1 fully saturated rings. The van der Waals surface area contributed by atoms with Crippen molar-refractivity contribution in [3.8, 4) is 5.69 Å². The second-order valence-electron chi connectivity index (χ2n) is 4.84. The summed E-state index contributed by atoms with van der Waals surface area (Å²) < 4.78 is 3.07. The molecule has 1 N–H and O–H groups in total. The zero-order valence-corrected chi connectivity index (χ0v) is 11.8. The van der Waals surface area contributed by atoms with Crippen molar-refractivity contribution in [2.45, 2.75) is 32.3 Å². The van der Waals surface area contributed by atoms with E-state index in [-0.39, 0.29) is 6.61 Å². The molecular weight excluding hydrogens is 292 g/mol. The van der Waals surface area contributed by atoms with Crippen molar-refractivity contribution >= 4 is 15.9 Å². The summed E-state index contributed by atoms with van der Waals surface area (Å²) in [5.41, 5.74) is 4.25. The molecule has 3 nitrogen and oxygen atoms in total. The zero-order chi connectivity index (χ0) is 12.7. The summed E-state index contributed by atoms with van der Waals surface area (Å²) in [6.07, 6.45) is 2.46. The van der Waals surface area contributed by atoms with E-state index in [4.69, 9.17) is 0 Å². The van der Waals surface area contributed by atoms with Crippen LogP contribution in [0.15, 0.2) is 28.7 Å². The van der Waals surface area contributed by atoms with Gasteiger partial charge in [-0.15, -0.1) is 0 Å². The van der Waals surface area contributed by atoms with E-state index in [1.54, 1.807) is 0 Å². The summed E-state index contributed by atoms with van der Waals surface area (Å²) in [5, 5.41) is 13.8. The summed E-state index contributed by atoms with van der Waals surface area (Å²) in [5.74, 6) is 0.612. The molecule has 1 saturated carbocycles. The van der Waals surface area contributed by atoms with Gasteiger partial charge in [0.25, 0.3) is 0 Å². The van der Waals surface area contributed by atoms with Crippen molar-refractivity contribution < 1.29 is 5.11 Å². The van der Waals surface area contributed by atoms with Crippen molar-refractivity contribution in [3.63, 3.8) is 0 Å². The Kier molecular flexibility index (Phi) is 2.99. The number of aliphatic hydroxyl groups is 1. The van der Waals surface area contributed by atoms with Gasteiger partial charge >= 0.3 is 0 Å². The monoisotopic (exact) mass is 306 g/mol. The Bertz CT molecular complexity index is 587. The number of benzene rings is 1. The van der Waals surface area contributed by atoms with Crippen LogP contribution in [0.4, 0.5) is 0 Å². The summed E-state index contributed by atoms with van der Waals surface area (Å²) in [6, 6.07) is 8.21. The third-order valence-electron chi connectivity index (χ3n) is 3.33. The molecule has 1 heterocycles. The average molecular weight is 307 g/mol. The number of nitrogens with zero attached hydrogens (tertiary/aromatic N) is 2. The van der Waals surface area contributed by atoms with E-state index in [0.29, 0.717) is 5.92 Å². The van der Waals surface area contributed by atoms with Crippen LogP contribution in [0.5, 0.6) is 0 Å². The minimum atomic E-state index is 0.00228. The van der Waals surface area contributed by atoms with Crippen LogP contribution in [-0.4, -0.2) is 14.9 Å². The molecule has 3 rings (SSSR count). The highest BCUT2D eigenvalue weighted by Gasteiger charge is 2.28. The number of hydrogen-bond acceptors (Lipinski definition) is 2. The number of rotatable bonds is 3. The first-order valence-electron chi connectivity index (χ1n) is 6.15. The van der Waals surface area contributed by atoms with Gasteiger partial charge in [0.2, 0.25) is 0 Å². The summed E-state index contributed by atoms with van der Waals surface area (Å²) in [7, 11) is 0. The third kappa shape index (κ3) is 2.10. The van der Waals surface area contributed by atoms with Gasteiger partial charge in [-0.3, -0.25) is 0 Å². The third-order valence-corrected chi connectivity index (χ3v) is 3.83. The molecule has 0 atom stereocenters. The predicted molar refractivity (Wildman–Crippen MR) is 73.9 cm³/mol. The van der Waals surface area contributed by atoms with Crippen LogP contribution in [0.2, 0.25) is 0 Å². The highest BCUT2D eigenvalue weighted by Crippen LogP contribution is 2.41. The van der Waals surface area contributed by atoms with Gasteiger partial charge in [-0.2, -0.15) is 5.10 Å². The molecule has 0 bridgehead atoms. The van der Waals surface area contributed by atoms with Crippen LogP contribution in [0.25, 0.3) is 5.69 Å². The van der Waals surface area contributed by atoms with E-state index in [1.165, 1.54) is 24.1 Å². The van der Waals surface area contributed by atoms with E-state index in [2.05, 4.69) is 40.1 Å². The lowest BCUT2D eigenvalue weighted by molar-refractivity contribution is 0.276. The standard InChI is InChI=1S/C14H15BrN2O/c1-9-6-11(15)4-5-13(9)17-14(10-2-3-10)7-12(8-18)16-17/h4-7,10,18H,2-3,8H2,1H3. The Morgan fingerprint density at radius 1 is 1.39 bits per heavy atom. The first-order chi connectivity index (χ1) is 8.69. The van der Waals surface area contributed by atoms with Crippen molar-refractivity contribution in [1.29, 1.82) is 0 Å². The largest absolute Gasteiger partial charge is 0.390 e. The van der Waals surface area contributed by atoms with Gasteiger partial charge in [-0.1, -0.05) is 15.9 Å². The lowest BCUT2D eigenvalue weighted by Crippen LogP contribution is -2.03. The van der Waals surface area contributed by atoms with E-state index in [1.807, 2.05) is 16.8 Å². The van der Waals surface area contributed by atoms with Gasteiger partial charge in [-0.05, 0) is 49.6 Å². The van der Waals surface area contributed by atoms with Crippen molar-refractivity contribution in [3.05, 3.63) is 45.7 Å². The van der Waals surface area contributed by atoms with Gasteiger partial charge in [0, 0.05) is 16.1 Å². The van der Waals surface area contributed by atoms with Crippen LogP contribution >= 0.6 is 15.9 Å². The summed E-state index contributed by atoms with van der Waals surface area (Å²) in [6.45, 7) is 2.08. The van der Waals surface area contributed by atoms with Crippen LogP contribution < -0.4 is 0 Å². The van der Waals surface area contributed by atoms with E-state index in [0.717, 1.165) is 15.9 Å². The van der Waals surface area contributed by atoms with Gasteiger partial charge in [-0.25, -0.2) is 4.68 Å². The number of halogens is 1. The second-order valence-corrected chi connectivity index (χ2v) is 5.75. The van der Waals surface area contributed by atoms with E-state index in [9.17, 15) is 5.11 Å². The Morgan fingerprint density at radius 2 is 2.17 bits per heavy atom. The SMILES string of the molecule is Cc1cc(Br)ccc1-n1nc(CO)cc1C1CC1. The molecule has 0 amide bonds. The molecule has 2 aromatic rings. The van der Waals surface area contributed by atoms with Gasteiger partial charge in [0.1, 0.15) is 0 Å². The quantitative estimate of drug-likeness (QED) is 0.944. The molecule has 0 unspecified atom stereocenters. The molecule has 1 aliphatic carbocycles. The van der Waals surface area contributed by atoms with Crippen molar-refractivity contribution in [2.24, 2.45) is 0 Å². The lowest BCUT2D eigenvalue weighted by Gasteiger charge is -2.10. The Hall–Kier alpha value is -1.13. The molecule has 1 aromatic carbocycles. The van der Waals surface area contributed by atoms with Gasteiger partial charge < -0.3 is 5.11 Å². The molecular formula is C14H15BrN2O.